The highest BCUT2D eigenvalue weighted by molar-refractivity contribution is 6.01. The minimum absolute atomic E-state index is 0.375. The minimum atomic E-state index is -3.06. The number of aliphatic carboxylic acids is 3. The van der Waals surface area contributed by atoms with Crippen LogP contribution in [0.3, 0.4) is 0 Å². The SMILES string of the molecule is Cc1cc(Oc2ccccc2)ccc1C(CCc1ccccc1)C(C)N(CC(=O)O)C(=O)C1COC(C(=O)O)(C(=O)O)O1. The first-order valence-electron chi connectivity index (χ1n) is 13.7. The lowest BCUT2D eigenvalue weighted by atomic mass is 9.83. The Morgan fingerprint density at radius 3 is 2.12 bits per heavy atom. The van der Waals surface area contributed by atoms with Gasteiger partial charge >= 0.3 is 23.7 Å². The summed E-state index contributed by atoms with van der Waals surface area (Å²) in [5.41, 5.74) is 2.77. The predicted octanol–water partition coefficient (Wildman–Crippen LogP) is 4.09. The number of nitrogens with zero attached hydrogens (tertiary/aromatic N) is 1. The van der Waals surface area contributed by atoms with Crippen LogP contribution in [0.5, 0.6) is 11.5 Å². The minimum Gasteiger partial charge on any atom is -0.480 e. The van der Waals surface area contributed by atoms with Gasteiger partial charge in [0, 0.05) is 12.0 Å². The molecule has 4 rings (SSSR count). The molecule has 1 fully saturated rings. The molecule has 0 bridgehead atoms. The van der Waals surface area contributed by atoms with Gasteiger partial charge in [-0.1, -0.05) is 54.6 Å². The zero-order valence-electron chi connectivity index (χ0n) is 23.7. The molecule has 3 N–H and O–H groups in total. The van der Waals surface area contributed by atoms with E-state index in [0.717, 1.165) is 21.6 Å². The van der Waals surface area contributed by atoms with Crippen molar-refractivity contribution in [2.75, 3.05) is 13.2 Å². The van der Waals surface area contributed by atoms with Crippen molar-refractivity contribution in [2.24, 2.45) is 0 Å². The summed E-state index contributed by atoms with van der Waals surface area (Å²) in [5, 5.41) is 28.6. The number of carboxylic acid groups (broad SMARTS) is 3. The number of hydrogen-bond donors (Lipinski definition) is 3. The zero-order valence-corrected chi connectivity index (χ0v) is 23.7. The molecule has 11 nitrogen and oxygen atoms in total. The average Bonchev–Trinajstić information content (AvgIpc) is 3.45. The highest BCUT2D eigenvalue weighted by atomic mass is 16.8. The summed E-state index contributed by atoms with van der Waals surface area (Å²) in [6.07, 6.45) is -0.479. The predicted molar refractivity (Wildman–Crippen MR) is 153 cm³/mol. The summed E-state index contributed by atoms with van der Waals surface area (Å²) >= 11 is 0. The normalized spacial score (nSPS) is 17.0. The number of amides is 1. The monoisotopic (exact) mass is 591 g/mol. The second-order valence-electron chi connectivity index (χ2n) is 10.3. The smallest absolute Gasteiger partial charge is 0.377 e. The molecule has 43 heavy (non-hydrogen) atoms. The van der Waals surface area contributed by atoms with E-state index >= 15 is 0 Å². The Labute approximate surface area is 248 Å². The van der Waals surface area contributed by atoms with Gasteiger partial charge in [0.2, 0.25) is 0 Å². The Kier molecular flexibility index (Phi) is 9.79. The second-order valence-corrected chi connectivity index (χ2v) is 10.3. The van der Waals surface area contributed by atoms with E-state index in [1.165, 1.54) is 0 Å². The van der Waals surface area contributed by atoms with Crippen molar-refractivity contribution in [3.8, 4) is 11.5 Å². The number of carbonyl (C=O) groups is 4. The summed E-state index contributed by atoms with van der Waals surface area (Å²) in [6, 6.07) is 23.8. The van der Waals surface area contributed by atoms with Crippen LogP contribution in [0.15, 0.2) is 78.9 Å². The first-order valence-corrected chi connectivity index (χ1v) is 13.7. The summed E-state index contributed by atoms with van der Waals surface area (Å²) in [5.74, 6) is -8.20. The van der Waals surface area contributed by atoms with Crippen LogP contribution in [0.4, 0.5) is 0 Å². The van der Waals surface area contributed by atoms with Crippen molar-refractivity contribution in [1.82, 2.24) is 4.90 Å². The Bertz CT molecular complexity index is 1450. The Balaban J connectivity index is 1.66. The third kappa shape index (κ3) is 7.19. The third-order valence-electron chi connectivity index (χ3n) is 7.45. The molecule has 3 atom stereocenters. The van der Waals surface area contributed by atoms with Gasteiger partial charge in [0.25, 0.3) is 5.91 Å². The van der Waals surface area contributed by atoms with Crippen LogP contribution < -0.4 is 4.74 Å². The molecule has 3 aromatic carbocycles. The number of rotatable bonds is 13. The van der Waals surface area contributed by atoms with Gasteiger partial charge in [-0.05, 0) is 67.6 Å². The van der Waals surface area contributed by atoms with Crippen molar-refractivity contribution in [3.63, 3.8) is 0 Å². The summed E-state index contributed by atoms with van der Waals surface area (Å²) in [4.78, 5) is 50.0. The van der Waals surface area contributed by atoms with Crippen molar-refractivity contribution < 1.29 is 48.7 Å². The molecule has 1 heterocycles. The molecule has 0 radical (unpaired) electrons. The fraction of sp³-hybridized carbons (Fsp3) is 0.312. The van der Waals surface area contributed by atoms with Gasteiger partial charge in [-0.3, -0.25) is 9.59 Å². The lowest BCUT2D eigenvalue weighted by Gasteiger charge is -2.36. The molecule has 1 saturated heterocycles. The van der Waals surface area contributed by atoms with Crippen LogP contribution in [0.25, 0.3) is 0 Å². The number of ether oxygens (including phenoxy) is 3. The number of carbonyl (C=O) groups excluding carboxylic acids is 1. The van der Waals surface area contributed by atoms with Crippen molar-refractivity contribution in [2.45, 2.75) is 50.5 Å². The quantitative estimate of drug-likeness (QED) is 0.247. The molecule has 0 aromatic heterocycles. The number of aryl methyl sites for hydroxylation is 2. The van der Waals surface area contributed by atoms with E-state index in [1.54, 1.807) is 6.92 Å². The van der Waals surface area contributed by atoms with Crippen molar-refractivity contribution in [1.29, 1.82) is 0 Å². The highest BCUT2D eigenvalue weighted by Gasteiger charge is 2.58. The van der Waals surface area contributed by atoms with Crippen LogP contribution in [0.1, 0.15) is 36.0 Å². The second kappa shape index (κ2) is 13.5. The molecular weight excluding hydrogens is 558 g/mol. The van der Waals surface area contributed by atoms with E-state index in [4.69, 9.17) is 14.2 Å². The number of benzene rings is 3. The fourth-order valence-electron chi connectivity index (χ4n) is 5.25. The zero-order chi connectivity index (χ0) is 31.1. The van der Waals surface area contributed by atoms with E-state index < -0.39 is 54.9 Å². The van der Waals surface area contributed by atoms with Gasteiger partial charge in [0.05, 0.1) is 6.61 Å². The average molecular weight is 592 g/mol. The Morgan fingerprint density at radius 1 is 0.930 bits per heavy atom. The molecular formula is C32H33NO10. The molecule has 226 valence electrons. The number of carboxylic acids is 3. The molecule has 0 aliphatic carbocycles. The van der Waals surface area contributed by atoms with E-state index in [1.807, 2.05) is 85.8 Å². The van der Waals surface area contributed by atoms with Crippen LogP contribution in [-0.2, 0) is 35.1 Å². The number of para-hydroxylation sites is 1. The Morgan fingerprint density at radius 2 is 1.56 bits per heavy atom. The lowest BCUT2D eigenvalue weighted by Crippen LogP contribution is -2.52. The lowest BCUT2D eigenvalue weighted by molar-refractivity contribution is -0.218. The van der Waals surface area contributed by atoms with Gasteiger partial charge in [-0.15, -0.1) is 0 Å². The third-order valence-corrected chi connectivity index (χ3v) is 7.45. The highest BCUT2D eigenvalue weighted by Crippen LogP contribution is 2.35. The summed E-state index contributed by atoms with van der Waals surface area (Å²) in [6.45, 7) is 2.23. The van der Waals surface area contributed by atoms with Crippen LogP contribution in [0, 0.1) is 6.92 Å². The molecule has 1 aliphatic heterocycles. The van der Waals surface area contributed by atoms with Gasteiger partial charge < -0.3 is 34.4 Å². The van der Waals surface area contributed by atoms with Crippen molar-refractivity contribution in [3.05, 3.63) is 95.6 Å². The molecule has 0 spiro atoms. The van der Waals surface area contributed by atoms with Gasteiger partial charge in [0.15, 0.2) is 6.10 Å². The van der Waals surface area contributed by atoms with Crippen LogP contribution in [-0.4, -0.2) is 75.1 Å². The topological polar surface area (TPSA) is 160 Å². The summed E-state index contributed by atoms with van der Waals surface area (Å²) < 4.78 is 16.0. The first kappa shape index (κ1) is 31.2. The maximum atomic E-state index is 13.7. The molecule has 1 amide bonds. The maximum Gasteiger partial charge on any atom is 0.377 e. The van der Waals surface area contributed by atoms with E-state index in [0.29, 0.717) is 24.3 Å². The number of hydrogen-bond acceptors (Lipinski definition) is 7. The first-order chi connectivity index (χ1) is 20.5. The van der Waals surface area contributed by atoms with Gasteiger partial charge in [-0.25, -0.2) is 9.59 Å². The van der Waals surface area contributed by atoms with Crippen LogP contribution in [0.2, 0.25) is 0 Å². The molecule has 11 heteroatoms. The van der Waals surface area contributed by atoms with E-state index in [-0.39, 0.29) is 5.92 Å². The van der Waals surface area contributed by atoms with Crippen molar-refractivity contribution >= 4 is 23.8 Å². The van der Waals surface area contributed by atoms with E-state index in [9.17, 15) is 34.5 Å². The van der Waals surface area contributed by atoms with Gasteiger partial charge in [-0.2, -0.15) is 0 Å². The van der Waals surface area contributed by atoms with Crippen LogP contribution >= 0.6 is 0 Å². The fourth-order valence-corrected chi connectivity index (χ4v) is 5.25. The molecule has 3 aromatic rings. The standard InChI is InChI=1S/C32H33NO10/c1-20-17-24(42-23-11-7-4-8-12-23)14-16-25(20)26(15-13-22-9-5-3-6-10-22)21(2)33(18-28(34)35)29(36)27-19-41-32(43-27,30(37)38)31(39)40/h3-12,14,16-17,21,26-27H,13,15,18-19H2,1-2H3,(H,34,35)(H,37,38)(H,39,40). The van der Waals surface area contributed by atoms with E-state index in [2.05, 4.69) is 0 Å². The largest absolute Gasteiger partial charge is 0.480 e. The molecule has 0 saturated carbocycles. The molecule has 1 aliphatic rings. The summed E-state index contributed by atoms with van der Waals surface area (Å²) in [7, 11) is 0. The maximum absolute atomic E-state index is 13.7. The molecule has 3 unspecified atom stereocenters. The van der Waals surface area contributed by atoms with Gasteiger partial charge in [0.1, 0.15) is 18.0 Å². The Hall–Kier alpha value is -4.74.